The van der Waals surface area contributed by atoms with Crippen LogP contribution in [0.2, 0.25) is 0 Å². The molecule has 37 heavy (non-hydrogen) atoms. The summed E-state index contributed by atoms with van der Waals surface area (Å²) in [5.74, 6) is -0.0830. The first-order chi connectivity index (χ1) is 17.9. The van der Waals surface area contributed by atoms with Crippen molar-refractivity contribution in [2.45, 2.75) is 52.0 Å². The van der Waals surface area contributed by atoms with Gasteiger partial charge in [-0.15, -0.1) is 0 Å². The lowest BCUT2D eigenvalue weighted by Gasteiger charge is -2.25. The molecule has 0 aliphatic heterocycles. The van der Waals surface area contributed by atoms with E-state index < -0.39 is 11.5 Å². The van der Waals surface area contributed by atoms with Gasteiger partial charge >= 0.3 is 0 Å². The summed E-state index contributed by atoms with van der Waals surface area (Å²) in [5.41, 5.74) is 3.69. The van der Waals surface area contributed by atoms with Crippen molar-refractivity contribution in [2.75, 3.05) is 0 Å². The molecular formula is C30H29FN4O2. The van der Waals surface area contributed by atoms with E-state index in [4.69, 9.17) is 0 Å². The van der Waals surface area contributed by atoms with E-state index in [-0.39, 0.29) is 23.9 Å². The normalized spacial score (nSPS) is 11.7. The van der Waals surface area contributed by atoms with Gasteiger partial charge in [-0.3, -0.25) is 9.36 Å². The fraction of sp³-hybridized carbons (Fsp3) is 0.267. The average molecular weight is 497 g/mol. The molecule has 0 aliphatic carbocycles. The Hall–Kier alpha value is -4.31. The van der Waals surface area contributed by atoms with E-state index in [0.29, 0.717) is 24.2 Å². The van der Waals surface area contributed by atoms with Crippen molar-refractivity contribution >= 4 is 0 Å². The monoisotopic (exact) mass is 496 g/mol. The number of hydrogen-bond acceptors (Lipinski definition) is 5. The van der Waals surface area contributed by atoms with Crippen LogP contribution in [0.5, 0.6) is 5.88 Å². The molecule has 0 radical (unpaired) electrons. The first kappa shape index (κ1) is 25.8. The number of pyridine rings is 1. The molecule has 0 unspecified atom stereocenters. The van der Waals surface area contributed by atoms with E-state index >= 15 is 0 Å². The molecule has 4 aromatic rings. The summed E-state index contributed by atoms with van der Waals surface area (Å²) < 4.78 is 14.9. The molecule has 0 amide bonds. The molecule has 0 saturated heterocycles. The Bertz CT molecular complexity index is 1470. The maximum atomic E-state index is 13.2. The number of halogens is 1. The van der Waals surface area contributed by atoms with Gasteiger partial charge in [-0.05, 0) is 53.8 Å². The second-order valence-corrected chi connectivity index (χ2v) is 9.01. The van der Waals surface area contributed by atoms with Gasteiger partial charge in [0.1, 0.15) is 5.82 Å². The van der Waals surface area contributed by atoms with E-state index in [1.54, 1.807) is 16.7 Å². The topological polar surface area (TPSA) is 91.8 Å². The fourth-order valence-corrected chi connectivity index (χ4v) is 4.54. The van der Waals surface area contributed by atoms with E-state index in [0.717, 1.165) is 35.1 Å². The lowest BCUT2D eigenvalue weighted by molar-refractivity contribution is 0.368. The van der Waals surface area contributed by atoms with Crippen LogP contribution in [0.3, 0.4) is 0 Å². The predicted octanol–water partition coefficient (Wildman–Crippen LogP) is 5.95. The van der Waals surface area contributed by atoms with Gasteiger partial charge in [-0.25, -0.2) is 4.98 Å². The summed E-state index contributed by atoms with van der Waals surface area (Å²) in [5, 5.41) is 20.9. The van der Waals surface area contributed by atoms with E-state index in [9.17, 15) is 19.6 Å². The third-order valence-corrected chi connectivity index (χ3v) is 6.51. The van der Waals surface area contributed by atoms with Gasteiger partial charge in [-0.2, -0.15) is 14.6 Å². The molecule has 4 rings (SSSR count). The van der Waals surface area contributed by atoms with Crippen molar-refractivity contribution in [3.8, 4) is 23.1 Å². The SMILES string of the molecule is CCCCc1nc(=O)c(Cc2ccc(-c3ccc(F)nc3)cc2)c(O)n1[C@@H](CC)c1cccc(C#N)c1. The highest BCUT2D eigenvalue weighted by molar-refractivity contribution is 5.62. The van der Waals surface area contributed by atoms with Crippen molar-refractivity contribution in [1.29, 1.82) is 5.26 Å². The van der Waals surface area contributed by atoms with Crippen molar-refractivity contribution in [2.24, 2.45) is 0 Å². The van der Waals surface area contributed by atoms with Gasteiger partial charge in [0.25, 0.3) is 5.56 Å². The lowest BCUT2D eigenvalue weighted by Crippen LogP contribution is -2.25. The molecule has 7 heteroatoms. The molecule has 0 bridgehead atoms. The molecule has 6 nitrogen and oxygen atoms in total. The largest absolute Gasteiger partial charge is 0.494 e. The molecular weight excluding hydrogens is 467 g/mol. The Morgan fingerprint density at radius 3 is 2.49 bits per heavy atom. The molecule has 2 aromatic carbocycles. The Labute approximate surface area is 215 Å². The molecule has 0 fully saturated rings. The summed E-state index contributed by atoms with van der Waals surface area (Å²) in [4.78, 5) is 21.2. The Kier molecular flexibility index (Phi) is 8.09. The number of unbranched alkanes of at least 4 members (excludes halogenated alkanes) is 1. The van der Waals surface area contributed by atoms with Crippen LogP contribution in [0.4, 0.5) is 4.39 Å². The summed E-state index contributed by atoms with van der Waals surface area (Å²) in [6.45, 7) is 4.07. The summed E-state index contributed by atoms with van der Waals surface area (Å²) >= 11 is 0. The van der Waals surface area contributed by atoms with Crippen LogP contribution in [0.15, 0.2) is 71.7 Å². The highest BCUT2D eigenvalue weighted by atomic mass is 19.1. The van der Waals surface area contributed by atoms with Gasteiger partial charge in [0, 0.05) is 24.6 Å². The first-order valence-corrected chi connectivity index (χ1v) is 12.5. The summed E-state index contributed by atoms with van der Waals surface area (Å²) in [7, 11) is 0. The van der Waals surface area contributed by atoms with E-state index in [1.807, 2.05) is 49.4 Å². The lowest BCUT2D eigenvalue weighted by atomic mass is 9.99. The van der Waals surface area contributed by atoms with Crippen LogP contribution in [0, 0.1) is 17.3 Å². The predicted molar refractivity (Wildman–Crippen MR) is 141 cm³/mol. The van der Waals surface area contributed by atoms with Crippen LogP contribution >= 0.6 is 0 Å². The summed E-state index contributed by atoms with van der Waals surface area (Å²) in [6.07, 6.45) is 4.65. The Morgan fingerprint density at radius 1 is 1.08 bits per heavy atom. The standard InChI is InChI=1S/C30H29FN4O2/c1-3-5-9-28-34-29(36)25(17-20-10-12-22(13-11-20)24-14-15-27(31)33-19-24)30(37)35(28)26(4-2)23-8-6-7-21(16-23)18-32/h6-8,10-16,19,26,37H,3-5,9,17H2,1-2H3/t26-/m0/s1. The minimum absolute atomic E-state index is 0.0906. The van der Waals surface area contributed by atoms with Gasteiger partial charge in [0.2, 0.25) is 11.8 Å². The smallest absolute Gasteiger partial charge is 0.280 e. The van der Waals surface area contributed by atoms with Crippen LogP contribution < -0.4 is 5.56 Å². The number of aromatic hydroxyl groups is 1. The maximum absolute atomic E-state index is 13.2. The number of hydrogen-bond donors (Lipinski definition) is 1. The minimum Gasteiger partial charge on any atom is -0.494 e. The van der Waals surface area contributed by atoms with Crippen LogP contribution in [0.1, 0.15) is 67.2 Å². The highest BCUT2D eigenvalue weighted by Gasteiger charge is 2.23. The van der Waals surface area contributed by atoms with Crippen LogP contribution in [0.25, 0.3) is 11.1 Å². The number of benzene rings is 2. The van der Waals surface area contributed by atoms with Gasteiger partial charge in [0.15, 0.2) is 0 Å². The third-order valence-electron chi connectivity index (χ3n) is 6.51. The average Bonchev–Trinajstić information content (AvgIpc) is 2.92. The number of rotatable bonds is 9. The van der Waals surface area contributed by atoms with Crippen molar-refractivity contribution in [3.63, 3.8) is 0 Å². The van der Waals surface area contributed by atoms with Crippen molar-refractivity contribution in [3.05, 3.63) is 111 Å². The van der Waals surface area contributed by atoms with Crippen molar-refractivity contribution in [1.82, 2.24) is 14.5 Å². The summed E-state index contributed by atoms with van der Waals surface area (Å²) in [6, 6.07) is 19.7. The first-order valence-electron chi connectivity index (χ1n) is 12.5. The van der Waals surface area contributed by atoms with Crippen LogP contribution in [-0.4, -0.2) is 19.6 Å². The second-order valence-electron chi connectivity index (χ2n) is 9.01. The molecule has 0 aliphatic rings. The van der Waals surface area contributed by atoms with Crippen molar-refractivity contribution < 1.29 is 9.50 Å². The number of nitrogens with zero attached hydrogens (tertiary/aromatic N) is 4. The highest BCUT2D eigenvalue weighted by Crippen LogP contribution is 2.31. The second kappa shape index (κ2) is 11.6. The third kappa shape index (κ3) is 5.75. The zero-order chi connectivity index (χ0) is 26.4. The Morgan fingerprint density at radius 2 is 1.84 bits per heavy atom. The molecule has 1 atom stereocenters. The minimum atomic E-state index is -0.535. The van der Waals surface area contributed by atoms with Gasteiger partial charge in [0.05, 0.1) is 23.2 Å². The zero-order valence-corrected chi connectivity index (χ0v) is 21.0. The quantitative estimate of drug-likeness (QED) is 0.289. The number of aryl methyl sites for hydroxylation is 1. The molecule has 2 aromatic heterocycles. The van der Waals surface area contributed by atoms with Crippen LogP contribution in [-0.2, 0) is 12.8 Å². The van der Waals surface area contributed by atoms with Gasteiger partial charge in [-0.1, -0.05) is 56.7 Å². The molecule has 0 spiro atoms. The Balaban J connectivity index is 1.74. The van der Waals surface area contributed by atoms with Gasteiger partial charge < -0.3 is 5.11 Å². The fourth-order valence-electron chi connectivity index (χ4n) is 4.54. The van der Waals surface area contributed by atoms with E-state index in [2.05, 4.69) is 23.0 Å². The van der Waals surface area contributed by atoms with E-state index in [1.165, 1.54) is 12.3 Å². The number of aromatic nitrogens is 3. The number of nitriles is 1. The maximum Gasteiger partial charge on any atom is 0.280 e. The molecule has 2 heterocycles. The zero-order valence-electron chi connectivity index (χ0n) is 21.0. The molecule has 1 N–H and O–H groups in total. The molecule has 0 saturated carbocycles. The molecule has 188 valence electrons.